The molecule has 0 heterocycles. The summed E-state index contributed by atoms with van der Waals surface area (Å²) in [5.41, 5.74) is -0.809. The summed E-state index contributed by atoms with van der Waals surface area (Å²) in [5.74, 6) is -0.910. The van der Waals surface area contributed by atoms with Gasteiger partial charge >= 0.3 is 5.97 Å². The van der Waals surface area contributed by atoms with Gasteiger partial charge in [0.1, 0.15) is 0 Å². The number of ether oxygens (including phenoxy) is 1. The van der Waals surface area contributed by atoms with Gasteiger partial charge in [0.2, 0.25) is 0 Å². The summed E-state index contributed by atoms with van der Waals surface area (Å²) in [6, 6.07) is 0. The molecule has 1 atom stereocenters. The van der Waals surface area contributed by atoms with Gasteiger partial charge in [0, 0.05) is 0 Å². The molecule has 3 nitrogen and oxygen atoms in total. The number of esters is 1. The van der Waals surface area contributed by atoms with E-state index in [0.717, 1.165) is 0 Å². The number of carbonyl (C=O) groups is 1. The first-order chi connectivity index (χ1) is 6.12. The van der Waals surface area contributed by atoms with Crippen LogP contribution in [-0.2, 0) is 9.53 Å². The van der Waals surface area contributed by atoms with E-state index in [9.17, 15) is 4.79 Å². The van der Waals surface area contributed by atoms with Crippen molar-refractivity contribution in [2.45, 2.75) is 40.2 Å². The Balaban J connectivity index is 4.45. The fourth-order valence-electron chi connectivity index (χ4n) is 0.438. The zero-order chi connectivity index (χ0) is 11.6. The monoisotopic (exact) mass is 176 g/mol. The molecule has 0 spiro atoms. The molecular formula is C9H18O3. The average Bonchev–Trinajstić information content (AvgIpc) is 2.00. The lowest BCUT2D eigenvalue weighted by Gasteiger charge is -2.18. The zero-order valence-electron chi connectivity index (χ0n) is 10.0. The molecule has 1 unspecified atom stereocenters. The predicted molar refractivity (Wildman–Crippen MR) is 46.7 cm³/mol. The smallest absolute Gasteiger partial charge is 0.334 e. The van der Waals surface area contributed by atoms with E-state index in [-0.39, 0.29) is 6.42 Å². The third-order valence-corrected chi connectivity index (χ3v) is 1.12. The second-order valence-corrected chi connectivity index (χ2v) is 3.70. The second kappa shape index (κ2) is 4.45. The lowest BCUT2D eigenvalue weighted by molar-refractivity contribution is -0.156. The summed E-state index contributed by atoms with van der Waals surface area (Å²) in [6.45, 7) is 4.43. The molecule has 1 N–H and O–H groups in total. The Labute approximate surface area is 76.5 Å². The topological polar surface area (TPSA) is 46.5 Å². The van der Waals surface area contributed by atoms with Gasteiger partial charge in [-0.1, -0.05) is 27.7 Å². The normalized spacial score (nSPS) is 17.8. The van der Waals surface area contributed by atoms with Gasteiger partial charge < -0.3 is 9.84 Å². The molecular weight excluding hydrogens is 156 g/mol. The quantitative estimate of drug-likeness (QED) is 0.660. The summed E-state index contributed by atoms with van der Waals surface area (Å²) in [6.07, 6.45) is -1.02. The summed E-state index contributed by atoms with van der Waals surface area (Å²) in [4.78, 5) is 11.1. The molecule has 0 bridgehead atoms. The molecule has 3 heteroatoms. The highest BCUT2D eigenvalue weighted by molar-refractivity contribution is 5.74. The molecule has 0 aromatic heterocycles. The molecule has 0 aliphatic heterocycles. The van der Waals surface area contributed by atoms with E-state index >= 15 is 0 Å². The Bertz CT molecular complexity index is 209. The third-order valence-electron chi connectivity index (χ3n) is 1.12. The summed E-state index contributed by atoms with van der Waals surface area (Å²) in [7, 11) is 0. The van der Waals surface area contributed by atoms with Gasteiger partial charge in [-0.05, 0) is 11.8 Å². The fraction of sp³-hybridized carbons (Fsp3) is 0.889. The molecule has 0 radical (unpaired) electrons. The van der Waals surface area contributed by atoms with Gasteiger partial charge in [-0.25, -0.2) is 4.79 Å². The summed E-state index contributed by atoms with van der Waals surface area (Å²) >= 11 is 0. The predicted octanol–water partition coefficient (Wildman–Crippen LogP) is 1.35. The molecule has 0 aromatic carbocycles. The van der Waals surface area contributed by atoms with Gasteiger partial charge in [0.15, 0.2) is 6.10 Å². The van der Waals surface area contributed by atoms with E-state index in [1.54, 1.807) is 27.7 Å². The number of carbonyl (C=O) groups excluding carboxylic acids is 1. The molecule has 12 heavy (non-hydrogen) atoms. The summed E-state index contributed by atoms with van der Waals surface area (Å²) < 4.78 is 19.6. The van der Waals surface area contributed by atoms with E-state index in [4.69, 9.17) is 7.85 Å². The van der Waals surface area contributed by atoms with Gasteiger partial charge in [0.25, 0.3) is 0 Å². The van der Waals surface area contributed by atoms with Crippen LogP contribution in [0.1, 0.15) is 36.9 Å². The number of aliphatic hydroxyl groups is 1. The van der Waals surface area contributed by atoms with Crippen molar-refractivity contribution < 1.29 is 17.4 Å². The molecule has 0 fully saturated rings. The molecule has 72 valence electrons. The number of hydrogen-bond acceptors (Lipinski definition) is 3. The van der Waals surface area contributed by atoms with Crippen LogP contribution >= 0.6 is 0 Å². The first kappa shape index (κ1) is 8.05. The van der Waals surface area contributed by atoms with Crippen LogP contribution in [0, 0.1) is 5.41 Å². The van der Waals surface area contributed by atoms with Crippen LogP contribution in [0.4, 0.5) is 0 Å². The van der Waals surface area contributed by atoms with Crippen LogP contribution in [0.2, 0.25) is 0 Å². The Hall–Kier alpha value is -0.570. The highest BCUT2D eigenvalue weighted by atomic mass is 16.5. The highest BCUT2D eigenvalue weighted by Crippen LogP contribution is 2.13. The third kappa shape index (κ3) is 5.13. The largest absolute Gasteiger partial charge is 0.463 e. The molecule has 0 aliphatic carbocycles. The maximum atomic E-state index is 11.1. The van der Waals surface area contributed by atoms with Crippen molar-refractivity contribution in [3.05, 3.63) is 0 Å². The first-order valence-electron chi connectivity index (χ1n) is 5.02. The standard InChI is InChI=1S/C9H18O3/c1-5-7(10)8(11)12-6-9(2,3)4/h7,10H,5-6H2,1-4H3/i6D2. The molecule has 0 rings (SSSR count). The van der Waals surface area contributed by atoms with Crippen molar-refractivity contribution in [2.75, 3.05) is 6.56 Å². The number of rotatable bonds is 3. The summed E-state index contributed by atoms with van der Waals surface area (Å²) in [5, 5.41) is 9.11. The Morgan fingerprint density at radius 1 is 1.67 bits per heavy atom. The first-order valence-corrected chi connectivity index (χ1v) is 4.02. The average molecular weight is 176 g/mol. The lowest BCUT2D eigenvalue weighted by Crippen LogP contribution is -2.26. The van der Waals surface area contributed by atoms with Gasteiger partial charge in [0.05, 0.1) is 9.30 Å². The van der Waals surface area contributed by atoms with E-state index < -0.39 is 24.0 Å². The van der Waals surface area contributed by atoms with E-state index in [2.05, 4.69) is 4.74 Å². The van der Waals surface area contributed by atoms with Crippen LogP contribution in [0.5, 0.6) is 0 Å². The minimum absolute atomic E-state index is 0.221. The maximum Gasteiger partial charge on any atom is 0.334 e. The van der Waals surface area contributed by atoms with Gasteiger partial charge in [-0.3, -0.25) is 0 Å². The minimum atomic E-state index is -2.07. The van der Waals surface area contributed by atoms with Crippen molar-refractivity contribution in [1.29, 1.82) is 0 Å². The van der Waals surface area contributed by atoms with Crippen molar-refractivity contribution in [1.82, 2.24) is 0 Å². The van der Waals surface area contributed by atoms with E-state index in [0.29, 0.717) is 0 Å². The van der Waals surface area contributed by atoms with Crippen LogP contribution in [-0.4, -0.2) is 23.7 Å². The minimum Gasteiger partial charge on any atom is -0.463 e. The van der Waals surface area contributed by atoms with Crippen LogP contribution in [0.15, 0.2) is 0 Å². The number of hydrogen-bond donors (Lipinski definition) is 1. The second-order valence-electron chi connectivity index (χ2n) is 3.70. The van der Waals surface area contributed by atoms with E-state index in [1.165, 1.54) is 0 Å². The van der Waals surface area contributed by atoms with E-state index in [1.807, 2.05) is 0 Å². The molecule has 0 amide bonds. The Kier molecular flexibility index (Phi) is 2.99. The van der Waals surface area contributed by atoms with Crippen molar-refractivity contribution in [3.8, 4) is 0 Å². The zero-order valence-corrected chi connectivity index (χ0v) is 8.05. The molecule has 0 saturated carbocycles. The SMILES string of the molecule is [2H]C([2H])(OC(=O)C(O)CC)C(C)(C)C. The van der Waals surface area contributed by atoms with Gasteiger partial charge in [-0.15, -0.1) is 0 Å². The van der Waals surface area contributed by atoms with Crippen LogP contribution in [0.3, 0.4) is 0 Å². The highest BCUT2D eigenvalue weighted by Gasteiger charge is 2.18. The van der Waals surface area contributed by atoms with Crippen molar-refractivity contribution in [2.24, 2.45) is 5.41 Å². The molecule has 0 aromatic rings. The van der Waals surface area contributed by atoms with Crippen molar-refractivity contribution in [3.63, 3.8) is 0 Å². The van der Waals surface area contributed by atoms with Crippen LogP contribution < -0.4 is 0 Å². The van der Waals surface area contributed by atoms with Gasteiger partial charge in [-0.2, -0.15) is 0 Å². The van der Waals surface area contributed by atoms with Crippen molar-refractivity contribution >= 4 is 5.97 Å². The lowest BCUT2D eigenvalue weighted by atomic mass is 9.99. The Morgan fingerprint density at radius 2 is 2.17 bits per heavy atom. The molecule has 0 aliphatic rings. The fourth-order valence-corrected chi connectivity index (χ4v) is 0.438. The van der Waals surface area contributed by atoms with Crippen LogP contribution in [0.25, 0.3) is 0 Å². The number of aliphatic hydroxyl groups excluding tert-OH is 1. The maximum absolute atomic E-state index is 11.1. The molecule has 0 saturated heterocycles. The Morgan fingerprint density at radius 3 is 2.50 bits per heavy atom.